The highest BCUT2D eigenvalue weighted by Crippen LogP contribution is 2.13. The maximum absolute atomic E-state index is 10.1. The van der Waals surface area contributed by atoms with E-state index in [1.54, 1.807) is 0 Å². The van der Waals surface area contributed by atoms with Crippen LogP contribution in [0.25, 0.3) is 0 Å². The number of unbranched alkanes of at least 4 members (excludes halogenated alkanes) is 1. The van der Waals surface area contributed by atoms with Crippen molar-refractivity contribution in [3.05, 3.63) is 10.6 Å². The molecule has 0 saturated heterocycles. The largest absolute Gasteiger partial charge is 0.478 e. The second kappa shape index (κ2) is 5.47. The molecule has 0 rings (SSSR count). The van der Waals surface area contributed by atoms with Gasteiger partial charge in [-0.25, -0.2) is 4.79 Å². The lowest BCUT2D eigenvalue weighted by atomic mass is 10.2. The first kappa shape index (κ1) is 9.69. The Hall–Kier alpha value is -0.310. The number of carbonyl (C=O) groups is 1. The average molecular weight is 207 g/mol. The minimum absolute atomic E-state index is 0.766. The second-order valence-electron chi connectivity index (χ2n) is 2.03. The van der Waals surface area contributed by atoms with Gasteiger partial charge in [-0.1, -0.05) is 29.3 Å². The van der Waals surface area contributed by atoms with Gasteiger partial charge in [0.15, 0.2) is 0 Å². The van der Waals surface area contributed by atoms with Crippen LogP contribution in [0.1, 0.15) is 26.2 Å². The zero-order valence-corrected chi connectivity index (χ0v) is 7.52. The maximum atomic E-state index is 10.1. The Labute approximate surface area is 69.1 Å². The maximum Gasteiger partial charge on any atom is 0.329 e. The average Bonchev–Trinajstić information content (AvgIpc) is 1.82. The molecule has 58 valence electrons. The molecule has 0 aliphatic heterocycles. The van der Waals surface area contributed by atoms with Crippen LogP contribution in [0.15, 0.2) is 10.6 Å². The zero-order chi connectivity index (χ0) is 7.98. The van der Waals surface area contributed by atoms with Crippen molar-refractivity contribution in [2.45, 2.75) is 26.2 Å². The summed E-state index contributed by atoms with van der Waals surface area (Å²) >= 11 is 3.16. The number of rotatable bonds is 4. The van der Waals surface area contributed by atoms with Gasteiger partial charge in [0.05, 0.1) is 0 Å². The van der Waals surface area contributed by atoms with Gasteiger partial charge in [0.25, 0.3) is 0 Å². The van der Waals surface area contributed by atoms with E-state index in [2.05, 4.69) is 22.9 Å². The molecule has 0 radical (unpaired) electrons. The number of hydrogen-bond acceptors (Lipinski definition) is 1. The molecule has 0 aromatic rings. The van der Waals surface area contributed by atoms with E-state index >= 15 is 0 Å². The molecule has 0 amide bonds. The van der Waals surface area contributed by atoms with Gasteiger partial charge in [-0.2, -0.15) is 0 Å². The Bertz CT molecular complexity index is 141. The Morgan fingerprint density at radius 3 is 2.70 bits per heavy atom. The summed E-state index contributed by atoms with van der Waals surface area (Å²) < 4.78 is 0.766. The van der Waals surface area contributed by atoms with Crippen molar-refractivity contribution in [1.29, 1.82) is 0 Å². The molecule has 0 unspecified atom stereocenters. The molecule has 0 bridgehead atoms. The number of hydrogen-bond donors (Lipinski definition) is 1. The molecule has 0 heterocycles. The lowest BCUT2D eigenvalue weighted by Gasteiger charge is -1.93. The molecule has 0 aromatic heterocycles. The van der Waals surface area contributed by atoms with E-state index < -0.39 is 5.97 Å². The van der Waals surface area contributed by atoms with Crippen molar-refractivity contribution >= 4 is 21.9 Å². The smallest absolute Gasteiger partial charge is 0.329 e. The topological polar surface area (TPSA) is 37.3 Å². The van der Waals surface area contributed by atoms with Crippen molar-refractivity contribution in [3.63, 3.8) is 0 Å². The molecule has 1 N–H and O–H groups in total. The van der Waals surface area contributed by atoms with E-state index in [0.29, 0.717) is 0 Å². The number of allylic oxidation sites excluding steroid dienone is 1. The van der Waals surface area contributed by atoms with Gasteiger partial charge in [0.1, 0.15) is 0 Å². The third-order valence-corrected chi connectivity index (χ3v) is 1.67. The van der Waals surface area contributed by atoms with Crippen LogP contribution in [-0.2, 0) is 4.79 Å². The summed E-state index contributed by atoms with van der Waals surface area (Å²) in [7, 11) is 0. The SMILES string of the molecule is CCCC/C(Br)=C\C(=O)O. The fourth-order valence-electron chi connectivity index (χ4n) is 0.552. The highest BCUT2D eigenvalue weighted by molar-refractivity contribution is 9.11. The molecular weight excluding hydrogens is 196 g/mol. The molecule has 0 fully saturated rings. The lowest BCUT2D eigenvalue weighted by Crippen LogP contribution is -1.88. The number of carboxylic acids is 1. The van der Waals surface area contributed by atoms with Gasteiger partial charge < -0.3 is 5.11 Å². The molecule has 0 atom stereocenters. The number of aliphatic carboxylic acids is 1. The first-order chi connectivity index (χ1) is 4.66. The molecule has 3 heteroatoms. The third kappa shape index (κ3) is 5.82. The van der Waals surface area contributed by atoms with E-state index in [0.717, 1.165) is 23.7 Å². The molecule has 2 nitrogen and oxygen atoms in total. The quantitative estimate of drug-likeness (QED) is 0.719. The highest BCUT2D eigenvalue weighted by atomic mass is 79.9. The van der Waals surface area contributed by atoms with Gasteiger partial charge in [0, 0.05) is 10.6 Å². The number of halogens is 1. The van der Waals surface area contributed by atoms with E-state index in [9.17, 15) is 4.79 Å². The van der Waals surface area contributed by atoms with Gasteiger partial charge in [-0.05, 0) is 12.8 Å². The fourth-order valence-corrected chi connectivity index (χ4v) is 1.03. The molecule has 0 aromatic carbocycles. The third-order valence-electron chi connectivity index (χ3n) is 1.05. The first-order valence-electron chi connectivity index (χ1n) is 3.25. The van der Waals surface area contributed by atoms with Crippen LogP contribution in [0.5, 0.6) is 0 Å². The summed E-state index contributed by atoms with van der Waals surface area (Å²) in [6.07, 6.45) is 4.13. The fraction of sp³-hybridized carbons (Fsp3) is 0.571. The van der Waals surface area contributed by atoms with Crippen LogP contribution in [0.2, 0.25) is 0 Å². The van der Waals surface area contributed by atoms with Crippen LogP contribution in [0, 0.1) is 0 Å². The minimum atomic E-state index is -0.886. The molecule has 0 aliphatic carbocycles. The summed E-state index contributed by atoms with van der Waals surface area (Å²) in [4.78, 5) is 10.1. The van der Waals surface area contributed by atoms with Crippen molar-refractivity contribution in [2.75, 3.05) is 0 Å². The van der Waals surface area contributed by atoms with Crippen LogP contribution in [0.3, 0.4) is 0 Å². The van der Waals surface area contributed by atoms with E-state index in [-0.39, 0.29) is 0 Å². The van der Waals surface area contributed by atoms with Crippen molar-refractivity contribution < 1.29 is 9.90 Å². The van der Waals surface area contributed by atoms with Gasteiger partial charge in [0.2, 0.25) is 0 Å². The first-order valence-corrected chi connectivity index (χ1v) is 4.05. The van der Waals surface area contributed by atoms with Crippen LogP contribution < -0.4 is 0 Å². The zero-order valence-electron chi connectivity index (χ0n) is 5.93. The predicted octanol–water partition coefficient (Wildman–Crippen LogP) is 2.54. The normalized spacial score (nSPS) is 11.6. The molecule has 10 heavy (non-hydrogen) atoms. The summed E-state index contributed by atoms with van der Waals surface area (Å²) in [6.45, 7) is 2.07. The molecular formula is C7H11BrO2. The lowest BCUT2D eigenvalue weighted by molar-refractivity contribution is -0.131. The van der Waals surface area contributed by atoms with Crippen molar-refractivity contribution in [3.8, 4) is 0 Å². The van der Waals surface area contributed by atoms with Crippen molar-refractivity contribution in [2.24, 2.45) is 0 Å². The summed E-state index contributed by atoms with van der Waals surface area (Å²) in [5, 5.41) is 8.28. The van der Waals surface area contributed by atoms with Crippen LogP contribution in [0.4, 0.5) is 0 Å². The monoisotopic (exact) mass is 206 g/mol. The Morgan fingerprint density at radius 2 is 2.30 bits per heavy atom. The minimum Gasteiger partial charge on any atom is -0.478 e. The predicted molar refractivity (Wildman–Crippen MR) is 44.2 cm³/mol. The van der Waals surface area contributed by atoms with E-state index in [1.165, 1.54) is 6.08 Å². The molecule has 0 spiro atoms. The standard InChI is InChI=1S/C7H11BrO2/c1-2-3-4-6(8)5-7(9)10/h5H,2-4H2,1H3,(H,9,10)/b6-5+. The van der Waals surface area contributed by atoms with E-state index in [1.807, 2.05) is 0 Å². The Morgan fingerprint density at radius 1 is 1.70 bits per heavy atom. The van der Waals surface area contributed by atoms with Crippen LogP contribution >= 0.6 is 15.9 Å². The molecule has 0 saturated carbocycles. The van der Waals surface area contributed by atoms with E-state index in [4.69, 9.17) is 5.11 Å². The van der Waals surface area contributed by atoms with Gasteiger partial charge in [-0.3, -0.25) is 0 Å². The van der Waals surface area contributed by atoms with Gasteiger partial charge >= 0.3 is 5.97 Å². The Kier molecular flexibility index (Phi) is 5.30. The highest BCUT2D eigenvalue weighted by Gasteiger charge is 1.94. The second-order valence-corrected chi connectivity index (χ2v) is 3.05. The number of carboxylic acid groups (broad SMARTS) is 1. The molecule has 0 aliphatic rings. The van der Waals surface area contributed by atoms with Crippen LogP contribution in [-0.4, -0.2) is 11.1 Å². The van der Waals surface area contributed by atoms with Gasteiger partial charge in [-0.15, -0.1) is 0 Å². The summed E-state index contributed by atoms with van der Waals surface area (Å²) in [5.74, 6) is -0.886. The van der Waals surface area contributed by atoms with Crippen molar-refractivity contribution in [1.82, 2.24) is 0 Å². The summed E-state index contributed by atoms with van der Waals surface area (Å²) in [5.41, 5.74) is 0. The Balaban J connectivity index is 3.60. The summed E-state index contributed by atoms with van der Waals surface area (Å²) in [6, 6.07) is 0.